The van der Waals surface area contributed by atoms with Gasteiger partial charge in [0, 0.05) is 15.6 Å². The number of carbonyl (C=O) groups excluding carboxylic acids is 3. The number of fused-ring (bicyclic) bond motifs is 1. The average Bonchev–Trinajstić information content (AvgIpc) is 3.29. The molecule has 1 heterocycles. The number of thiophene rings is 1. The molecule has 0 spiro atoms. The Labute approximate surface area is 227 Å². The maximum absolute atomic E-state index is 12.8. The monoisotopic (exact) mass is 551 g/mol. The van der Waals surface area contributed by atoms with Crippen LogP contribution in [0.5, 0.6) is 17.2 Å². The minimum Gasteiger partial charge on any atom is -0.497 e. The van der Waals surface area contributed by atoms with Crippen LogP contribution < -0.4 is 25.0 Å². The summed E-state index contributed by atoms with van der Waals surface area (Å²) in [6.45, 7) is -0.263. The molecule has 0 unspecified atom stereocenters. The topological polar surface area (TPSA) is 115 Å². The number of nitrogens with zero attached hydrogens (tertiary/aromatic N) is 1. The van der Waals surface area contributed by atoms with E-state index in [0.29, 0.717) is 26.8 Å². The molecule has 11 heteroatoms. The highest BCUT2D eigenvalue weighted by Crippen LogP contribution is 2.37. The van der Waals surface area contributed by atoms with Gasteiger partial charge in [-0.25, -0.2) is 10.2 Å². The van der Waals surface area contributed by atoms with Crippen molar-refractivity contribution in [3.8, 4) is 17.2 Å². The predicted molar refractivity (Wildman–Crippen MR) is 146 cm³/mol. The van der Waals surface area contributed by atoms with Gasteiger partial charge in [-0.2, -0.15) is 5.10 Å². The van der Waals surface area contributed by atoms with Gasteiger partial charge in [0.05, 0.1) is 32.0 Å². The molecule has 0 aliphatic heterocycles. The van der Waals surface area contributed by atoms with E-state index >= 15 is 0 Å². The van der Waals surface area contributed by atoms with E-state index in [2.05, 4.69) is 15.8 Å². The smallest absolute Gasteiger partial charge is 0.355 e. The summed E-state index contributed by atoms with van der Waals surface area (Å²) in [5.74, 6) is -0.401. The third kappa shape index (κ3) is 6.28. The number of hydrogen-bond donors (Lipinski definition) is 2. The predicted octanol–water partition coefficient (Wildman–Crippen LogP) is 4.67. The van der Waals surface area contributed by atoms with Crippen LogP contribution in [-0.2, 0) is 4.79 Å². The molecular formula is C27H22ClN3O6S. The molecule has 0 saturated heterocycles. The Hall–Kier alpha value is -4.41. The number of hydrogen-bond acceptors (Lipinski definition) is 8. The number of esters is 1. The summed E-state index contributed by atoms with van der Waals surface area (Å²) in [5.41, 5.74) is 3.30. The van der Waals surface area contributed by atoms with E-state index in [1.54, 1.807) is 42.5 Å². The molecule has 4 aromatic rings. The van der Waals surface area contributed by atoms with E-state index < -0.39 is 17.8 Å². The SMILES string of the molecule is COc1ccc(C(=O)NCC(=O)NN=Cc2ccc(OC(=O)c3sc4ccccc4c3Cl)c(OC)c2)cc1. The molecule has 0 bridgehead atoms. The molecule has 38 heavy (non-hydrogen) atoms. The molecule has 1 aromatic heterocycles. The summed E-state index contributed by atoms with van der Waals surface area (Å²) in [6.07, 6.45) is 1.39. The molecule has 0 saturated carbocycles. The highest BCUT2D eigenvalue weighted by molar-refractivity contribution is 7.21. The maximum Gasteiger partial charge on any atom is 0.355 e. The lowest BCUT2D eigenvalue weighted by Gasteiger charge is -2.09. The molecule has 0 atom stereocenters. The molecule has 0 aliphatic carbocycles. The van der Waals surface area contributed by atoms with Gasteiger partial charge < -0.3 is 19.5 Å². The van der Waals surface area contributed by atoms with Gasteiger partial charge in [-0.05, 0) is 54.1 Å². The van der Waals surface area contributed by atoms with E-state index in [4.69, 9.17) is 25.8 Å². The highest BCUT2D eigenvalue weighted by Gasteiger charge is 2.20. The van der Waals surface area contributed by atoms with Crippen molar-refractivity contribution in [3.05, 3.63) is 87.8 Å². The molecule has 0 radical (unpaired) electrons. The van der Waals surface area contributed by atoms with E-state index in [0.717, 1.165) is 10.1 Å². The number of carbonyl (C=O) groups is 3. The molecule has 194 valence electrons. The molecule has 9 nitrogen and oxygen atoms in total. The third-order valence-corrected chi connectivity index (χ3v) is 6.93. The zero-order valence-corrected chi connectivity index (χ0v) is 21.9. The fraction of sp³-hybridized carbons (Fsp3) is 0.111. The number of rotatable bonds is 9. The quantitative estimate of drug-likeness (QED) is 0.135. The standard InChI is InChI=1S/C27H22ClN3O6S/c1-35-18-10-8-17(9-11-18)26(33)29-15-23(32)31-30-14-16-7-12-20(21(13-16)36-2)37-27(34)25-24(28)19-5-3-4-6-22(19)38-25/h3-14H,15H2,1-2H3,(H,29,33)(H,31,32). The van der Waals surface area contributed by atoms with Gasteiger partial charge in [-0.3, -0.25) is 9.59 Å². The van der Waals surface area contributed by atoms with Crippen LogP contribution in [0.15, 0.2) is 71.8 Å². The zero-order chi connectivity index (χ0) is 27.1. The van der Waals surface area contributed by atoms with Crippen LogP contribution in [0.3, 0.4) is 0 Å². The maximum atomic E-state index is 12.8. The first-order valence-electron chi connectivity index (χ1n) is 11.2. The second-order valence-corrected chi connectivity index (χ2v) is 9.18. The Morgan fingerprint density at radius 3 is 2.45 bits per heavy atom. The normalized spacial score (nSPS) is 10.8. The van der Waals surface area contributed by atoms with E-state index in [1.165, 1.54) is 31.8 Å². The number of methoxy groups -OCH3 is 2. The Morgan fingerprint density at radius 1 is 0.974 bits per heavy atom. The van der Waals surface area contributed by atoms with E-state index in [1.807, 2.05) is 24.3 Å². The number of ether oxygens (including phenoxy) is 3. The van der Waals surface area contributed by atoms with Gasteiger partial charge in [0.25, 0.3) is 11.8 Å². The summed E-state index contributed by atoms with van der Waals surface area (Å²) in [5, 5.41) is 7.53. The van der Waals surface area contributed by atoms with Crippen molar-refractivity contribution in [2.45, 2.75) is 0 Å². The van der Waals surface area contributed by atoms with E-state index in [-0.39, 0.29) is 18.0 Å². The molecule has 2 amide bonds. The largest absolute Gasteiger partial charge is 0.497 e. The summed E-state index contributed by atoms with van der Waals surface area (Å²) in [4.78, 5) is 37.3. The molecule has 3 aromatic carbocycles. The third-order valence-electron chi connectivity index (χ3n) is 5.28. The number of benzene rings is 3. The fourth-order valence-corrected chi connectivity index (χ4v) is 4.75. The lowest BCUT2D eigenvalue weighted by molar-refractivity contribution is -0.120. The molecule has 2 N–H and O–H groups in total. The molecule has 0 aliphatic rings. The average molecular weight is 552 g/mol. The van der Waals surface area contributed by atoms with Gasteiger partial charge in [0.15, 0.2) is 11.5 Å². The van der Waals surface area contributed by atoms with Crippen LogP contribution in [0.25, 0.3) is 10.1 Å². The van der Waals surface area contributed by atoms with Crippen LogP contribution >= 0.6 is 22.9 Å². The zero-order valence-electron chi connectivity index (χ0n) is 20.3. The van der Waals surface area contributed by atoms with Crippen molar-refractivity contribution in [2.24, 2.45) is 5.10 Å². The van der Waals surface area contributed by atoms with Crippen LogP contribution in [0.2, 0.25) is 5.02 Å². The lowest BCUT2D eigenvalue weighted by Crippen LogP contribution is -2.34. The van der Waals surface area contributed by atoms with Crippen LogP contribution in [0.1, 0.15) is 25.6 Å². The number of hydrazone groups is 1. The van der Waals surface area contributed by atoms with Crippen LogP contribution in [-0.4, -0.2) is 44.8 Å². The van der Waals surface area contributed by atoms with Crippen molar-refractivity contribution < 1.29 is 28.6 Å². The highest BCUT2D eigenvalue weighted by atomic mass is 35.5. The van der Waals surface area contributed by atoms with Gasteiger partial charge in [0.2, 0.25) is 0 Å². The van der Waals surface area contributed by atoms with Gasteiger partial charge >= 0.3 is 5.97 Å². The van der Waals surface area contributed by atoms with Crippen molar-refractivity contribution in [2.75, 3.05) is 20.8 Å². The first kappa shape index (κ1) is 26.6. The first-order valence-corrected chi connectivity index (χ1v) is 12.4. The van der Waals surface area contributed by atoms with Crippen molar-refractivity contribution >= 4 is 57.0 Å². The molecular weight excluding hydrogens is 530 g/mol. The van der Waals surface area contributed by atoms with Crippen molar-refractivity contribution in [3.63, 3.8) is 0 Å². The summed E-state index contributed by atoms with van der Waals surface area (Å²) in [6, 6.07) is 18.7. The Balaban J connectivity index is 1.33. The number of amides is 2. The van der Waals surface area contributed by atoms with Crippen molar-refractivity contribution in [1.82, 2.24) is 10.7 Å². The minimum absolute atomic E-state index is 0.202. The number of nitrogens with one attached hydrogen (secondary N) is 2. The molecule has 0 fully saturated rings. The van der Waals surface area contributed by atoms with Crippen LogP contribution in [0.4, 0.5) is 0 Å². The van der Waals surface area contributed by atoms with Crippen molar-refractivity contribution in [1.29, 1.82) is 0 Å². The first-order chi connectivity index (χ1) is 18.4. The Bertz CT molecular complexity index is 1520. The number of halogens is 1. The summed E-state index contributed by atoms with van der Waals surface area (Å²) >= 11 is 7.63. The Morgan fingerprint density at radius 2 is 1.74 bits per heavy atom. The van der Waals surface area contributed by atoms with Gasteiger partial charge in [-0.1, -0.05) is 29.8 Å². The second-order valence-electron chi connectivity index (χ2n) is 7.75. The molecule has 4 rings (SSSR count). The summed E-state index contributed by atoms with van der Waals surface area (Å²) in [7, 11) is 2.97. The van der Waals surface area contributed by atoms with Crippen LogP contribution in [0, 0.1) is 0 Å². The minimum atomic E-state index is -0.597. The summed E-state index contributed by atoms with van der Waals surface area (Å²) < 4.78 is 16.8. The van der Waals surface area contributed by atoms with E-state index in [9.17, 15) is 14.4 Å². The fourth-order valence-electron chi connectivity index (χ4n) is 3.36. The lowest BCUT2D eigenvalue weighted by atomic mass is 10.2. The van der Waals surface area contributed by atoms with Gasteiger partial charge in [-0.15, -0.1) is 11.3 Å². The second kappa shape index (κ2) is 12.2. The van der Waals surface area contributed by atoms with Gasteiger partial charge in [0.1, 0.15) is 10.6 Å². The Kier molecular flexibility index (Phi) is 8.57.